The van der Waals surface area contributed by atoms with Crippen molar-refractivity contribution in [3.63, 3.8) is 0 Å². The fourth-order valence-corrected chi connectivity index (χ4v) is 3.46. The Hall–Kier alpha value is -3.69. The van der Waals surface area contributed by atoms with Gasteiger partial charge in [-0.2, -0.15) is 0 Å². The number of hydrogen-bond donors (Lipinski definition) is 2. The van der Waals surface area contributed by atoms with Crippen LogP contribution in [0, 0.1) is 0 Å². The van der Waals surface area contributed by atoms with E-state index in [1.54, 1.807) is 66.9 Å². The number of rotatable bonds is 8. The monoisotopic (exact) mass is 468 g/mol. The van der Waals surface area contributed by atoms with Gasteiger partial charge in [-0.05, 0) is 54.6 Å². The van der Waals surface area contributed by atoms with E-state index in [9.17, 15) is 9.59 Å². The maximum Gasteiger partial charge on any atom is 0.286 e. The first-order valence-corrected chi connectivity index (χ1v) is 10.7. The first-order chi connectivity index (χ1) is 15.6. The number of carbonyl (C=O) groups excluding carboxylic acids is 2. The standard InChI is InChI=1S/C22H17ClN4O4S/c23-15-6-8-17(9-7-15)31-13-19-26-27-22(32-19)21(29)25-16-4-1-3-14(11-16)20(28)24-12-18-5-2-10-30-18/h1-11H,12-13H2,(H,24,28)(H,25,29). The van der Waals surface area contributed by atoms with Gasteiger partial charge in [0.1, 0.15) is 18.1 Å². The van der Waals surface area contributed by atoms with Gasteiger partial charge >= 0.3 is 0 Å². The number of amides is 2. The number of halogens is 1. The van der Waals surface area contributed by atoms with Crippen molar-refractivity contribution in [1.29, 1.82) is 0 Å². The second-order valence-corrected chi connectivity index (χ2v) is 8.04. The van der Waals surface area contributed by atoms with Crippen molar-refractivity contribution in [2.24, 2.45) is 0 Å². The van der Waals surface area contributed by atoms with E-state index in [1.165, 1.54) is 0 Å². The van der Waals surface area contributed by atoms with E-state index < -0.39 is 5.91 Å². The molecule has 0 spiro atoms. The van der Waals surface area contributed by atoms with E-state index in [1.807, 2.05) is 0 Å². The number of nitrogens with zero attached hydrogens (tertiary/aromatic N) is 2. The molecule has 2 N–H and O–H groups in total. The highest BCUT2D eigenvalue weighted by molar-refractivity contribution is 7.13. The minimum absolute atomic E-state index is 0.178. The molecule has 4 aromatic rings. The van der Waals surface area contributed by atoms with Crippen LogP contribution in [-0.4, -0.2) is 22.0 Å². The third kappa shape index (κ3) is 5.71. The molecule has 0 saturated carbocycles. The molecule has 32 heavy (non-hydrogen) atoms. The summed E-state index contributed by atoms with van der Waals surface area (Å²) in [5.74, 6) is 0.580. The second-order valence-electron chi connectivity index (χ2n) is 6.54. The molecular weight excluding hydrogens is 452 g/mol. The molecule has 0 fully saturated rings. The molecule has 2 aromatic carbocycles. The fraction of sp³-hybridized carbons (Fsp3) is 0.0909. The van der Waals surface area contributed by atoms with E-state index in [-0.39, 0.29) is 24.1 Å². The number of benzene rings is 2. The molecule has 0 aliphatic heterocycles. The molecule has 0 aliphatic rings. The average molecular weight is 469 g/mol. The van der Waals surface area contributed by atoms with Gasteiger partial charge in [0.2, 0.25) is 5.01 Å². The molecule has 0 bridgehead atoms. The predicted molar refractivity (Wildman–Crippen MR) is 120 cm³/mol. The summed E-state index contributed by atoms with van der Waals surface area (Å²) in [4.78, 5) is 24.9. The number of nitrogens with one attached hydrogen (secondary N) is 2. The lowest BCUT2D eigenvalue weighted by Crippen LogP contribution is -2.22. The highest BCUT2D eigenvalue weighted by atomic mass is 35.5. The molecule has 0 atom stereocenters. The lowest BCUT2D eigenvalue weighted by molar-refractivity contribution is 0.0946. The molecule has 10 heteroatoms. The second kappa shape index (κ2) is 10.1. The van der Waals surface area contributed by atoms with Gasteiger partial charge in [-0.3, -0.25) is 9.59 Å². The zero-order valence-electron chi connectivity index (χ0n) is 16.6. The van der Waals surface area contributed by atoms with Gasteiger partial charge in [0.05, 0.1) is 12.8 Å². The van der Waals surface area contributed by atoms with Crippen LogP contribution in [-0.2, 0) is 13.2 Å². The first kappa shape index (κ1) is 21.5. The number of anilines is 1. The topological polar surface area (TPSA) is 106 Å². The number of carbonyl (C=O) groups is 2. The Morgan fingerprint density at radius 2 is 1.88 bits per heavy atom. The molecule has 0 saturated heterocycles. The molecule has 0 unspecified atom stereocenters. The van der Waals surface area contributed by atoms with Crippen molar-refractivity contribution in [2.45, 2.75) is 13.2 Å². The maximum atomic E-state index is 12.5. The van der Waals surface area contributed by atoms with E-state index in [4.69, 9.17) is 20.8 Å². The lowest BCUT2D eigenvalue weighted by Gasteiger charge is -2.07. The Morgan fingerprint density at radius 3 is 2.66 bits per heavy atom. The van der Waals surface area contributed by atoms with Crippen LogP contribution in [0.25, 0.3) is 0 Å². The Morgan fingerprint density at radius 1 is 1.03 bits per heavy atom. The van der Waals surface area contributed by atoms with Gasteiger partial charge in [0, 0.05) is 16.3 Å². The van der Waals surface area contributed by atoms with Crippen molar-refractivity contribution >= 4 is 40.4 Å². The van der Waals surface area contributed by atoms with E-state index in [0.717, 1.165) is 11.3 Å². The Balaban J connectivity index is 1.33. The minimum atomic E-state index is -0.423. The largest absolute Gasteiger partial charge is 0.486 e. The molecule has 2 amide bonds. The molecule has 4 rings (SSSR count). The van der Waals surface area contributed by atoms with Crippen molar-refractivity contribution < 1.29 is 18.7 Å². The first-order valence-electron chi connectivity index (χ1n) is 9.49. The normalized spacial score (nSPS) is 10.5. The van der Waals surface area contributed by atoms with Crippen LogP contribution in [0.5, 0.6) is 5.75 Å². The third-order valence-corrected chi connectivity index (χ3v) is 5.37. The SMILES string of the molecule is O=C(NCc1ccco1)c1cccc(NC(=O)c2nnc(COc3ccc(Cl)cc3)s2)c1. The molecular formula is C22H17ClN4O4S. The zero-order valence-corrected chi connectivity index (χ0v) is 18.2. The summed E-state index contributed by atoms with van der Waals surface area (Å²) >= 11 is 6.98. The van der Waals surface area contributed by atoms with Crippen molar-refractivity contribution in [2.75, 3.05) is 5.32 Å². The molecule has 0 radical (unpaired) electrons. The number of hydrogen-bond acceptors (Lipinski definition) is 7. The van der Waals surface area contributed by atoms with Crippen LogP contribution in [0.3, 0.4) is 0 Å². The number of aromatic nitrogens is 2. The Labute approximate surface area is 192 Å². The van der Waals surface area contributed by atoms with Gasteiger partial charge in [-0.25, -0.2) is 0 Å². The summed E-state index contributed by atoms with van der Waals surface area (Å²) < 4.78 is 10.8. The van der Waals surface area contributed by atoms with Crippen LogP contribution in [0.15, 0.2) is 71.3 Å². The van der Waals surface area contributed by atoms with Crippen LogP contribution < -0.4 is 15.4 Å². The molecule has 2 aromatic heterocycles. The molecule has 2 heterocycles. The average Bonchev–Trinajstić information content (AvgIpc) is 3.49. The fourth-order valence-electron chi connectivity index (χ4n) is 2.68. The van der Waals surface area contributed by atoms with Crippen LogP contribution in [0.1, 0.15) is 30.9 Å². The van der Waals surface area contributed by atoms with Crippen molar-refractivity contribution in [1.82, 2.24) is 15.5 Å². The van der Waals surface area contributed by atoms with Gasteiger partial charge < -0.3 is 19.8 Å². The quantitative estimate of drug-likeness (QED) is 0.393. The molecule has 162 valence electrons. The number of furan rings is 1. The summed E-state index contributed by atoms with van der Waals surface area (Å²) in [5, 5.41) is 14.8. The molecule has 0 aliphatic carbocycles. The Bertz CT molecular complexity index is 1210. The maximum absolute atomic E-state index is 12.5. The van der Waals surface area contributed by atoms with Gasteiger partial charge in [0.25, 0.3) is 11.8 Å². The zero-order chi connectivity index (χ0) is 22.3. The lowest BCUT2D eigenvalue weighted by atomic mass is 10.2. The highest BCUT2D eigenvalue weighted by Crippen LogP contribution is 2.19. The minimum Gasteiger partial charge on any atom is -0.486 e. The summed E-state index contributed by atoms with van der Waals surface area (Å²) in [5.41, 5.74) is 0.874. The Kier molecular flexibility index (Phi) is 6.78. The van der Waals surface area contributed by atoms with Gasteiger partial charge in [-0.1, -0.05) is 29.0 Å². The van der Waals surface area contributed by atoms with E-state index >= 15 is 0 Å². The van der Waals surface area contributed by atoms with Crippen molar-refractivity contribution in [3.8, 4) is 5.75 Å². The van der Waals surface area contributed by atoms with Gasteiger partial charge in [0.15, 0.2) is 5.01 Å². The van der Waals surface area contributed by atoms with Crippen molar-refractivity contribution in [3.05, 3.63) is 93.3 Å². The number of ether oxygens (including phenoxy) is 1. The predicted octanol–water partition coefficient (Wildman–Crippen LogP) is 4.55. The van der Waals surface area contributed by atoms with E-state index in [2.05, 4.69) is 20.8 Å². The highest BCUT2D eigenvalue weighted by Gasteiger charge is 2.15. The summed E-state index contributed by atoms with van der Waals surface area (Å²) in [7, 11) is 0. The van der Waals surface area contributed by atoms with Gasteiger partial charge in [-0.15, -0.1) is 10.2 Å². The van der Waals surface area contributed by atoms with Crippen LogP contribution >= 0.6 is 22.9 Å². The summed E-state index contributed by atoms with van der Waals surface area (Å²) in [6, 6.07) is 17.1. The van der Waals surface area contributed by atoms with Crippen LogP contribution in [0.2, 0.25) is 5.02 Å². The third-order valence-electron chi connectivity index (χ3n) is 4.22. The van der Waals surface area contributed by atoms with E-state index in [0.29, 0.717) is 32.8 Å². The summed E-state index contributed by atoms with van der Waals surface area (Å²) in [6.45, 7) is 0.450. The molecule has 8 nitrogen and oxygen atoms in total. The summed E-state index contributed by atoms with van der Waals surface area (Å²) in [6.07, 6.45) is 1.54. The smallest absolute Gasteiger partial charge is 0.286 e. The van der Waals surface area contributed by atoms with Crippen LogP contribution in [0.4, 0.5) is 5.69 Å².